The largest absolute Gasteiger partial charge is 0.250 e. The molecule has 0 saturated heterocycles. The average Bonchev–Trinajstić information content (AvgIpc) is 2.95. The molecule has 3 atom stereocenters. The molecule has 1 nitrogen and oxygen atoms in total. The van der Waals surface area contributed by atoms with E-state index in [0.717, 1.165) is 12.8 Å². The van der Waals surface area contributed by atoms with Crippen LogP contribution >= 0.6 is 22.9 Å². The van der Waals surface area contributed by atoms with Gasteiger partial charge in [0.25, 0.3) is 0 Å². The van der Waals surface area contributed by atoms with Gasteiger partial charge in [0, 0.05) is 23.4 Å². The minimum atomic E-state index is 0.309. The van der Waals surface area contributed by atoms with Crippen LogP contribution in [0.5, 0.6) is 0 Å². The molecular formula is C16H18ClNS. The van der Waals surface area contributed by atoms with Crippen molar-refractivity contribution in [1.29, 1.82) is 0 Å². The SMILES string of the molecule is ClC1CCC(c2ccccc2)CC1Cc1nccs1. The molecule has 100 valence electrons. The highest BCUT2D eigenvalue weighted by Crippen LogP contribution is 2.40. The summed E-state index contributed by atoms with van der Waals surface area (Å²) >= 11 is 8.28. The Morgan fingerprint density at radius 3 is 2.79 bits per heavy atom. The number of hydrogen-bond donors (Lipinski definition) is 0. The Balaban J connectivity index is 1.70. The van der Waals surface area contributed by atoms with E-state index in [2.05, 4.69) is 40.7 Å². The molecule has 0 radical (unpaired) electrons. The third-order valence-corrected chi connectivity index (χ3v) is 5.46. The van der Waals surface area contributed by atoms with Crippen LogP contribution in [0.3, 0.4) is 0 Å². The molecule has 0 spiro atoms. The van der Waals surface area contributed by atoms with Gasteiger partial charge in [-0.2, -0.15) is 0 Å². The second-order valence-corrected chi connectivity index (χ2v) is 6.87. The number of hydrogen-bond acceptors (Lipinski definition) is 2. The first-order valence-electron chi connectivity index (χ1n) is 6.90. The molecule has 1 saturated carbocycles. The van der Waals surface area contributed by atoms with Gasteiger partial charge < -0.3 is 0 Å². The van der Waals surface area contributed by atoms with E-state index in [1.165, 1.54) is 23.4 Å². The maximum atomic E-state index is 6.53. The smallest absolute Gasteiger partial charge is 0.0928 e. The molecule has 0 aliphatic heterocycles. The van der Waals surface area contributed by atoms with Gasteiger partial charge in [-0.1, -0.05) is 30.3 Å². The molecule has 1 fully saturated rings. The first-order valence-corrected chi connectivity index (χ1v) is 8.22. The minimum Gasteiger partial charge on any atom is -0.250 e. The first-order chi connectivity index (χ1) is 9.33. The number of alkyl halides is 1. The number of nitrogens with zero attached hydrogens (tertiary/aromatic N) is 1. The normalized spacial score (nSPS) is 27.3. The molecule has 3 rings (SSSR count). The Morgan fingerprint density at radius 1 is 1.21 bits per heavy atom. The van der Waals surface area contributed by atoms with E-state index < -0.39 is 0 Å². The number of rotatable bonds is 3. The molecule has 2 aromatic rings. The minimum absolute atomic E-state index is 0.309. The Labute approximate surface area is 123 Å². The Bertz CT molecular complexity index is 497. The van der Waals surface area contributed by atoms with Gasteiger partial charge in [-0.05, 0) is 36.7 Å². The Kier molecular flexibility index (Phi) is 4.19. The standard InChI is InChI=1S/C16H18ClNS/c17-15-7-6-13(12-4-2-1-3-5-12)10-14(15)11-16-18-8-9-19-16/h1-5,8-9,13-15H,6-7,10-11H2. The molecule has 0 bridgehead atoms. The maximum absolute atomic E-state index is 6.53. The van der Waals surface area contributed by atoms with Crippen LogP contribution in [0.4, 0.5) is 0 Å². The molecule has 3 heteroatoms. The van der Waals surface area contributed by atoms with E-state index in [1.54, 1.807) is 11.3 Å². The third-order valence-electron chi connectivity index (χ3n) is 4.08. The lowest BCUT2D eigenvalue weighted by atomic mass is 9.76. The quantitative estimate of drug-likeness (QED) is 0.735. The highest BCUT2D eigenvalue weighted by Gasteiger charge is 2.30. The lowest BCUT2D eigenvalue weighted by Gasteiger charge is -2.33. The summed E-state index contributed by atoms with van der Waals surface area (Å²) in [4.78, 5) is 4.40. The maximum Gasteiger partial charge on any atom is 0.0928 e. The molecule has 19 heavy (non-hydrogen) atoms. The summed E-state index contributed by atoms with van der Waals surface area (Å²) in [5.74, 6) is 1.23. The van der Waals surface area contributed by atoms with Crippen molar-refractivity contribution in [2.45, 2.75) is 37.0 Å². The van der Waals surface area contributed by atoms with Gasteiger partial charge in [0.1, 0.15) is 0 Å². The fourth-order valence-corrected chi connectivity index (χ4v) is 4.07. The molecule has 1 aromatic carbocycles. The zero-order valence-corrected chi connectivity index (χ0v) is 12.4. The summed E-state index contributed by atoms with van der Waals surface area (Å²) in [5.41, 5.74) is 1.47. The summed E-state index contributed by atoms with van der Waals surface area (Å²) in [6, 6.07) is 10.9. The van der Waals surface area contributed by atoms with E-state index in [4.69, 9.17) is 11.6 Å². The zero-order valence-electron chi connectivity index (χ0n) is 10.8. The van der Waals surface area contributed by atoms with Crippen LogP contribution < -0.4 is 0 Å². The lowest BCUT2D eigenvalue weighted by molar-refractivity contribution is 0.326. The molecule has 1 aliphatic rings. The van der Waals surface area contributed by atoms with Crippen molar-refractivity contribution in [3.05, 3.63) is 52.5 Å². The van der Waals surface area contributed by atoms with E-state index in [-0.39, 0.29) is 0 Å². The predicted molar refractivity (Wildman–Crippen MR) is 82.0 cm³/mol. The number of aromatic nitrogens is 1. The van der Waals surface area contributed by atoms with Crippen molar-refractivity contribution in [3.8, 4) is 0 Å². The first kappa shape index (κ1) is 13.1. The summed E-state index contributed by atoms with van der Waals surface area (Å²) in [7, 11) is 0. The van der Waals surface area contributed by atoms with E-state index in [0.29, 0.717) is 17.2 Å². The molecule has 3 unspecified atom stereocenters. The summed E-state index contributed by atoms with van der Waals surface area (Å²) in [6.45, 7) is 0. The fraction of sp³-hybridized carbons (Fsp3) is 0.438. The second kappa shape index (κ2) is 6.06. The van der Waals surface area contributed by atoms with Gasteiger partial charge in [-0.25, -0.2) is 4.98 Å². The third kappa shape index (κ3) is 3.18. The molecule has 1 aromatic heterocycles. The average molecular weight is 292 g/mol. The van der Waals surface area contributed by atoms with Crippen LogP contribution in [0.2, 0.25) is 0 Å². The fourth-order valence-electron chi connectivity index (χ4n) is 3.04. The van der Waals surface area contributed by atoms with Gasteiger partial charge in [-0.15, -0.1) is 22.9 Å². The number of thiazole rings is 1. The Hall–Kier alpha value is -0.860. The molecular weight excluding hydrogens is 274 g/mol. The van der Waals surface area contributed by atoms with Crippen molar-refractivity contribution in [2.75, 3.05) is 0 Å². The van der Waals surface area contributed by atoms with Crippen LogP contribution in [0.1, 0.15) is 35.8 Å². The van der Waals surface area contributed by atoms with E-state index in [9.17, 15) is 0 Å². The summed E-state index contributed by atoms with van der Waals surface area (Å²) < 4.78 is 0. The van der Waals surface area contributed by atoms with Gasteiger partial charge in [0.15, 0.2) is 0 Å². The lowest BCUT2D eigenvalue weighted by Crippen LogP contribution is -2.26. The van der Waals surface area contributed by atoms with E-state index in [1.807, 2.05) is 6.20 Å². The van der Waals surface area contributed by atoms with Crippen molar-refractivity contribution >= 4 is 22.9 Å². The van der Waals surface area contributed by atoms with Crippen molar-refractivity contribution in [3.63, 3.8) is 0 Å². The van der Waals surface area contributed by atoms with Crippen LogP contribution in [-0.4, -0.2) is 10.4 Å². The van der Waals surface area contributed by atoms with Gasteiger partial charge in [0.2, 0.25) is 0 Å². The second-order valence-electron chi connectivity index (χ2n) is 5.33. The molecule has 0 N–H and O–H groups in total. The van der Waals surface area contributed by atoms with E-state index >= 15 is 0 Å². The number of benzene rings is 1. The molecule has 0 amide bonds. The predicted octanol–water partition coefficient (Wildman–Crippen LogP) is 4.88. The molecule has 1 aliphatic carbocycles. The van der Waals surface area contributed by atoms with Gasteiger partial charge in [0.05, 0.1) is 5.01 Å². The van der Waals surface area contributed by atoms with Crippen LogP contribution in [0.25, 0.3) is 0 Å². The van der Waals surface area contributed by atoms with Crippen LogP contribution in [0, 0.1) is 5.92 Å². The monoisotopic (exact) mass is 291 g/mol. The topological polar surface area (TPSA) is 12.9 Å². The van der Waals surface area contributed by atoms with Gasteiger partial charge >= 0.3 is 0 Å². The highest BCUT2D eigenvalue weighted by molar-refractivity contribution is 7.09. The van der Waals surface area contributed by atoms with Crippen molar-refractivity contribution in [2.24, 2.45) is 5.92 Å². The number of halogens is 1. The molecule has 1 heterocycles. The summed E-state index contributed by atoms with van der Waals surface area (Å²) in [5, 5.41) is 3.59. The Morgan fingerprint density at radius 2 is 2.05 bits per heavy atom. The van der Waals surface area contributed by atoms with Gasteiger partial charge in [-0.3, -0.25) is 0 Å². The zero-order chi connectivity index (χ0) is 13.1. The van der Waals surface area contributed by atoms with Crippen molar-refractivity contribution in [1.82, 2.24) is 4.98 Å². The van der Waals surface area contributed by atoms with Crippen molar-refractivity contribution < 1.29 is 0 Å². The van der Waals surface area contributed by atoms with Crippen LogP contribution in [-0.2, 0) is 6.42 Å². The highest BCUT2D eigenvalue weighted by atomic mass is 35.5. The summed E-state index contributed by atoms with van der Waals surface area (Å²) in [6.07, 6.45) is 6.46. The van der Waals surface area contributed by atoms with Crippen LogP contribution in [0.15, 0.2) is 41.9 Å².